The van der Waals surface area contributed by atoms with Gasteiger partial charge in [-0.05, 0) is 6.92 Å². The van der Waals surface area contributed by atoms with Gasteiger partial charge in [0.25, 0.3) is 7.82 Å². The van der Waals surface area contributed by atoms with Crippen molar-refractivity contribution in [3.8, 4) is 5.88 Å². The lowest BCUT2D eigenvalue weighted by Gasteiger charge is -2.32. The van der Waals surface area contributed by atoms with Crippen LogP contribution in [0.3, 0.4) is 0 Å². The summed E-state index contributed by atoms with van der Waals surface area (Å²) in [6, 6.07) is 0. The van der Waals surface area contributed by atoms with Crippen LogP contribution in [0, 0.1) is 0 Å². The van der Waals surface area contributed by atoms with E-state index >= 15 is 0 Å². The number of aliphatic hydroxyl groups is 2. The second-order valence-electron chi connectivity index (χ2n) is 6.73. The first-order valence-electron chi connectivity index (χ1n) is 8.38. The molecule has 0 bridgehead atoms. The third kappa shape index (κ3) is 5.75. The first-order chi connectivity index (χ1) is 14.9. The summed E-state index contributed by atoms with van der Waals surface area (Å²) < 4.78 is 50.7. The van der Waals surface area contributed by atoms with E-state index in [-0.39, 0.29) is 11.2 Å². The molecule has 0 saturated carbocycles. The minimum absolute atomic E-state index is 0.178. The Morgan fingerprint density at radius 2 is 1.91 bits per heavy atom. The Bertz CT molecular complexity index is 1200. The predicted molar refractivity (Wildman–Crippen MR) is 92.9 cm³/mol. The summed E-state index contributed by atoms with van der Waals surface area (Å²) in [5.41, 5.74) is 2.84. The van der Waals surface area contributed by atoms with Gasteiger partial charge in [0, 0.05) is 5.88 Å². The third-order valence-electron chi connectivity index (χ3n) is 4.22. The predicted octanol–water partition coefficient (Wildman–Crippen LogP) is -4.06. The Labute approximate surface area is 182 Å². The molecular weight excluding hydrogens is 519 g/mol. The van der Waals surface area contributed by atoms with E-state index in [0.29, 0.717) is 0 Å². The quantitative estimate of drug-likeness (QED) is 0.234. The number of aromatic nitrogens is 4. The summed E-state index contributed by atoms with van der Waals surface area (Å²) in [6.07, 6.45) is -4.00. The second kappa shape index (κ2) is 8.58. The Balaban J connectivity index is 1.77. The Hall–Kier alpha value is -1.56. The van der Waals surface area contributed by atoms with Crippen LogP contribution in [0.15, 0.2) is 6.33 Å². The van der Waals surface area contributed by atoms with Crippen molar-refractivity contribution in [2.75, 3.05) is 12.3 Å². The van der Waals surface area contributed by atoms with E-state index in [2.05, 4.69) is 28.1 Å². The van der Waals surface area contributed by atoms with Crippen molar-refractivity contribution in [3.63, 3.8) is 0 Å². The van der Waals surface area contributed by atoms with E-state index in [4.69, 9.17) is 15.4 Å². The van der Waals surface area contributed by atoms with Gasteiger partial charge in [0.05, 0.1) is 20.8 Å². The fourth-order valence-electron chi connectivity index (χ4n) is 2.91. The Morgan fingerprint density at radius 3 is 2.52 bits per heavy atom. The fourth-order valence-corrected chi connectivity index (χ4v) is 5.84. The van der Waals surface area contributed by atoms with Crippen LogP contribution in [-0.4, -0.2) is 59.0 Å². The summed E-state index contributed by atoms with van der Waals surface area (Å²) in [5.74, 6) is -1.26. The number of phosphoric acid groups is 3. The number of nitrogens with zero attached hydrogens (tertiary/aromatic N) is 4. The number of nitrogen functional groups attached to an aromatic ring is 1. The maximum absolute atomic E-state index is 11.9. The number of ether oxygens (including phenoxy) is 1. The SMILES string of the molecule is C[C@@]1(O)[C@H](O)[C@@H](COP(=O)([O-])OP(=O)(O)OP(=O)([O-])[O-])O[C@H]1n1cnc2c([O-])nc(N)nc21. The monoisotopic (exact) mass is 533 g/mol. The largest absolute Gasteiger partial charge is 0.857 e. The van der Waals surface area contributed by atoms with E-state index < -0.39 is 65.9 Å². The standard InChI is InChI=1S/C11H18N5O14P3/c1-11(19)6(17)4(2-27-32(23,24)30-33(25,26)29-31(20,21)22)28-9(11)16-3-13-5-7(16)14-10(12)15-8(5)18/h3-4,6,9,17,19H,2H2,1H3,(H,23,24)(H,25,26)(H2,20,21,22)(H3,12,14,15,18)/p-4/t4-,6-,9-,11-/m1/s1. The molecule has 1 aliphatic heterocycles. The van der Waals surface area contributed by atoms with Gasteiger partial charge < -0.3 is 54.5 Å². The van der Waals surface area contributed by atoms with Gasteiger partial charge in [-0.3, -0.25) is 13.4 Å². The normalized spacial score (nSPS) is 29.7. The molecule has 2 aromatic rings. The molecule has 19 nitrogen and oxygen atoms in total. The van der Waals surface area contributed by atoms with Gasteiger partial charge in [0.2, 0.25) is 5.95 Å². The molecule has 33 heavy (non-hydrogen) atoms. The van der Waals surface area contributed by atoms with E-state index in [1.807, 2.05) is 0 Å². The summed E-state index contributed by atoms with van der Waals surface area (Å²) in [4.78, 5) is 52.5. The van der Waals surface area contributed by atoms with Crippen molar-refractivity contribution in [1.29, 1.82) is 0 Å². The molecule has 0 radical (unpaired) electrons. The third-order valence-corrected chi connectivity index (χ3v) is 7.93. The molecule has 1 aliphatic rings. The van der Waals surface area contributed by atoms with E-state index in [9.17, 15) is 43.7 Å². The maximum atomic E-state index is 11.9. The van der Waals surface area contributed by atoms with Gasteiger partial charge in [0.15, 0.2) is 11.9 Å². The van der Waals surface area contributed by atoms with E-state index in [1.54, 1.807) is 0 Å². The summed E-state index contributed by atoms with van der Waals surface area (Å²) in [6.45, 7) is -0.0442. The molecule has 0 aromatic carbocycles. The molecule has 3 heterocycles. The fraction of sp³-hybridized carbons (Fsp3) is 0.545. The highest BCUT2D eigenvalue weighted by atomic mass is 31.3. The second-order valence-corrected chi connectivity index (χ2v) is 11.0. The van der Waals surface area contributed by atoms with Crippen LogP contribution in [0.25, 0.3) is 11.2 Å². The number of anilines is 1. The van der Waals surface area contributed by atoms with Gasteiger partial charge in [-0.2, -0.15) is 4.98 Å². The highest BCUT2D eigenvalue weighted by Gasteiger charge is 2.54. The highest BCUT2D eigenvalue weighted by Crippen LogP contribution is 2.63. The number of fused-ring (bicyclic) bond motifs is 1. The van der Waals surface area contributed by atoms with Crippen LogP contribution in [-0.2, 0) is 31.6 Å². The number of phosphoric ester groups is 1. The van der Waals surface area contributed by atoms with E-state index in [1.165, 1.54) is 0 Å². The number of rotatable bonds is 8. The summed E-state index contributed by atoms with van der Waals surface area (Å²) in [5, 5.41) is 32.9. The zero-order valence-corrected chi connectivity index (χ0v) is 18.7. The number of hydrogen-bond acceptors (Lipinski definition) is 17. The van der Waals surface area contributed by atoms with Gasteiger partial charge >= 0.3 is 7.82 Å². The van der Waals surface area contributed by atoms with Gasteiger partial charge in [-0.15, -0.1) is 0 Å². The lowest BCUT2D eigenvalue weighted by molar-refractivity contribution is -0.334. The Morgan fingerprint density at radius 1 is 1.27 bits per heavy atom. The first-order valence-corrected chi connectivity index (χ1v) is 12.8. The minimum atomic E-state index is -6.11. The zero-order valence-electron chi connectivity index (χ0n) is 16.1. The molecule has 186 valence electrons. The molecule has 3 rings (SSSR count). The van der Waals surface area contributed by atoms with Crippen molar-refractivity contribution in [2.45, 2.75) is 31.0 Å². The molecule has 6 atom stereocenters. The molecule has 5 N–H and O–H groups in total. The highest BCUT2D eigenvalue weighted by molar-refractivity contribution is 7.65. The average Bonchev–Trinajstić information content (AvgIpc) is 3.10. The average molecular weight is 533 g/mol. The molecule has 0 aliphatic carbocycles. The van der Waals surface area contributed by atoms with Crippen LogP contribution < -0.4 is 25.5 Å². The minimum Gasteiger partial charge on any atom is -0.857 e. The lowest BCUT2D eigenvalue weighted by Crippen LogP contribution is -2.44. The van der Waals surface area contributed by atoms with Crippen LogP contribution >= 0.6 is 23.5 Å². The van der Waals surface area contributed by atoms with Crippen molar-refractivity contribution >= 4 is 40.6 Å². The van der Waals surface area contributed by atoms with E-state index in [0.717, 1.165) is 17.8 Å². The molecule has 2 unspecified atom stereocenters. The first kappa shape index (κ1) is 26.1. The maximum Gasteiger partial charge on any atom is 0.482 e. The molecular formula is C11H14N5O14P3-4. The van der Waals surface area contributed by atoms with Crippen molar-refractivity contribution in [2.24, 2.45) is 0 Å². The molecule has 22 heteroatoms. The topological polar surface area (TPSA) is 311 Å². The van der Waals surface area contributed by atoms with Gasteiger partial charge in [-0.25, -0.2) is 18.8 Å². The molecule has 0 amide bonds. The van der Waals surface area contributed by atoms with Gasteiger partial charge in [0.1, 0.15) is 23.3 Å². The summed E-state index contributed by atoms with van der Waals surface area (Å²) >= 11 is 0. The number of aliphatic hydroxyl groups excluding tert-OH is 1. The molecule has 2 aromatic heterocycles. The summed E-state index contributed by atoms with van der Waals surface area (Å²) in [7, 11) is -17.9. The van der Waals surface area contributed by atoms with Crippen LogP contribution in [0.4, 0.5) is 5.95 Å². The Kier molecular flexibility index (Phi) is 6.78. The van der Waals surface area contributed by atoms with Crippen LogP contribution in [0.1, 0.15) is 13.2 Å². The number of nitrogens with two attached hydrogens (primary N) is 1. The van der Waals surface area contributed by atoms with Crippen LogP contribution in [0.5, 0.6) is 5.88 Å². The van der Waals surface area contributed by atoms with Gasteiger partial charge in [-0.1, -0.05) is 0 Å². The van der Waals surface area contributed by atoms with Crippen LogP contribution in [0.2, 0.25) is 0 Å². The molecule has 0 spiro atoms. The lowest BCUT2D eigenvalue weighted by atomic mass is 9.96. The molecule has 1 fully saturated rings. The van der Waals surface area contributed by atoms with Crippen molar-refractivity contribution < 1.29 is 66.5 Å². The van der Waals surface area contributed by atoms with Crippen molar-refractivity contribution in [3.05, 3.63) is 6.33 Å². The number of imidazole rings is 1. The zero-order chi connectivity index (χ0) is 25.0. The smallest absolute Gasteiger partial charge is 0.482 e. The number of hydrogen-bond donors (Lipinski definition) is 4. The van der Waals surface area contributed by atoms with Crippen molar-refractivity contribution in [1.82, 2.24) is 19.5 Å². The molecule has 1 saturated heterocycles.